The van der Waals surface area contributed by atoms with Crippen LogP contribution < -0.4 is 5.73 Å². The monoisotopic (exact) mass is 352 g/mol. The Balaban J connectivity index is 0.00000242. The highest BCUT2D eigenvalue weighted by Crippen LogP contribution is 2.33. The fraction of sp³-hybridized carbons (Fsp3) is 0.615. The van der Waals surface area contributed by atoms with Gasteiger partial charge in [-0.1, -0.05) is 0 Å². The lowest BCUT2D eigenvalue weighted by molar-refractivity contribution is 0.0594. The number of hydrogen-bond acceptors (Lipinski definition) is 6. The van der Waals surface area contributed by atoms with Gasteiger partial charge in [0.25, 0.3) is 0 Å². The third-order valence-corrected chi connectivity index (χ3v) is 5.86. The molecule has 1 aromatic rings. The highest BCUT2D eigenvalue weighted by atomic mass is 35.5. The van der Waals surface area contributed by atoms with E-state index in [-0.39, 0.29) is 47.0 Å². The van der Waals surface area contributed by atoms with Crippen LogP contribution in [0.5, 0.6) is 0 Å². The molecule has 2 N–H and O–H groups in total. The molecular weight excluding hydrogens is 332 g/mol. The minimum atomic E-state index is -3.84. The Hall–Kier alpha value is -1.09. The topological polar surface area (TPSA) is 103 Å². The van der Waals surface area contributed by atoms with Crippen molar-refractivity contribution < 1.29 is 22.4 Å². The molecule has 1 aliphatic heterocycles. The van der Waals surface area contributed by atoms with Gasteiger partial charge in [-0.2, -0.15) is 4.31 Å². The Morgan fingerprint density at radius 3 is 2.59 bits per heavy atom. The van der Waals surface area contributed by atoms with Crippen LogP contribution in [-0.4, -0.2) is 44.9 Å². The number of hydrogen-bond donors (Lipinski definition) is 1. The molecule has 1 atom stereocenters. The van der Waals surface area contributed by atoms with E-state index in [2.05, 4.69) is 4.74 Å². The summed E-state index contributed by atoms with van der Waals surface area (Å²) >= 11 is 0. The van der Waals surface area contributed by atoms with Crippen molar-refractivity contribution in [3.8, 4) is 0 Å². The lowest BCUT2D eigenvalue weighted by atomic mass is 10.2. The van der Waals surface area contributed by atoms with Gasteiger partial charge < -0.3 is 14.9 Å². The number of halogens is 1. The summed E-state index contributed by atoms with van der Waals surface area (Å²) < 4.78 is 37.1. The molecule has 2 heterocycles. The normalized spacial score (nSPS) is 19.0. The van der Waals surface area contributed by atoms with Crippen molar-refractivity contribution in [3.05, 3.63) is 17.1 Å². The first-order valence-corrected chi connectivity index (χ1v) is 8.18. The molecule has 7 nitrogen and oxygen atoms in total. The first kappa shape index (κ1) is 19.0. The van der Waals surface area contributed by atoms with Crippen molar-refractivity contribution in [1.82, 2.24) is 4.31 Å². The van der Waals surface area contributed by atoms with Crippen LogP contribution in [0, 0.1) is 13.8 Å². The molecular formula is C13H21ClN2O5S. The number of ether oxygens (including phenoxy) is 1. The number of carbonyl (C=O) groups is 1. The molecule has 1 aromatic heterocycles. The van der Waals surface area contributed by atoms with Gasteiger partial charge in [-0.15, -0.1) is 12.4 Å². The number of esters is 1. The van der Waals surface area contributed by atoms with Gasteiger partial charge in [0, 0.05) is 19.1 Å². The maximum Gasteiger partial charge on any atom is 0.342 e. The van der Waals surface area contributed by atoms with E-state index >= 15 is 0 Å². The van der Waals surface area contributed by atoms with Crippen LogP contribution in [0.2, 0.25) is 0 Å². The SMILES string of the molecule is COC(=O)c1c(C)oc(C)c1S(=O)(=O)N1CCCC1CN.Cl. The molecule has 1 aliphatic rings. The Labute approximate surface area is 136 Å². The van der Waals surface area contributed by atoms with Crippen LogP contribution in [0.3, 0.4) is 0 Å². The van der Waals surface area contributed by atoms with Crippen molar-refractivity contribution in [2.75, 3.05) is 20.2 Å². The summed E-state index contributed by atoms with van der Waals surface area (Å²) in [6.45, 7) is 3.72. The average molecular weight is 353 g/mol. The average Bonchev–Trinajstić information content (AvgIpc) is 3.02. The number of rotatable bonds is 4. The maximum absolute atomic E-state index is 12.9. The van der Waals surface area contributed by atoms with Gasteiger partial charge in [0.2, 0.25) is 10.0 Å². The molecule has 0 bridgehead atoms. The molecule has 0 aromatic carbocycles. The number of nitrogens with two attached hydrogens (primary N) is 1. The second-order valence-corrected chi connectivity index (χ2v) is 6.89. The van der Waals surface area contributed by atoms with E-state index in [1.165, 1.54) is 18.3 Å². The lowest BCUT2D eigenvalue weighted by Crippen LogP contribution is -2.40. The van der Waals surface area contributed by atoms with E-state index in [0.717, 1.165) is 12.8 Å². The molecule has 1 saturated heterocycles. The van der Waals surface area contributed by atoms with Gasteiger partial charge in [-0.3, -0.25) is 0 Å². The molecule has 0 radical (unpaired) electrons. The van der Waals surface area contributed by atoms with Crippen LogP contribution in [-0.2, 0) is 14.8 Å². The predicted molar refractivity (Wildman–Crippen MR) is 82.7 cm³/mol. The molecule has 126 valence electrons. The van der Waals surface area contributed by atoms with Crippen LogP contribution in [0.15, 0.2) is 9.31 Å². The van der Waals surface area contributed by atoms with E-state index in [1.54, 1.807) is 6.92 Å². The van der Waals surface area contributed by atoms with E-state index in [9.17, 15) is 13.2 Å². The van der Waals surface area contributed by atoms with Crippen molar-refractivity contribution in [3.63, 3.8) is 0 Å². The molecule has 22 heavy (non-hydrogen) atoms. The van der Waals surface area contributed by atoms with Crippen LogP contribution in [0.25, 0.3) is 0 Å². The smallest absolute Gasteiger partial charge is 0.342 e. The van der Waals surface area contributed by atoms with Crippen molar-refractivity contribution in [1.29, 1.82) is 0 Å². The standard InChI is InChI=1S/C13H20N2O5S.ClH/c1-8-11(13(16)19-3)12(9(2)20-8)21(17,18)15-6-4-5-10(15)7-14;/h10H,4-7,14H2,1-3H3;1H. The zero-order valence-corrected chi connectivity index (χ0v) is 14.4. The van der Waals surface area contributed by atoms with E-state index in [0.29, 0.717) is 6.54 Å². The van der Waals surface area contributed by atoms with Crippen molar-refractivity contribution in [2.45, 2.75) is 37.6 Å². The van der Waals surface area contributed by atoms with Crippen molar-refractivity contribution >= 4 is 28.4 Å². The van der Waals surface area contributed by atoms with Gasteiger partial charge >= 0.3 is 5.97 Å². The third-order valence-electron chi connectivity index (χ3n) is 3.76. The highest BCUT2D eigenvalue weighted by Gasteiger charge is 2.40. The fourth-order valence-electron chi connectivity index (χ4n) is 2.79. The minimum Gasteiger partial charge on any atom is -0.465 e. The Morgan fingerprint density at radius 1 is 1.41 bits per heavy atom. The molecule has 2 rings (SSSR count). The van der Waals surface area contributed by atoms with E-state index < -0.39 is 16.0 Å². The van der Waals surface area contributed by atoms with Gasteiger partial charge in [0.15, 0.2) is 0 Å². The summed E-state index contributed by atoms with van der Waals surface area (Å²) in [6.07, 6.45) is 1.48. The number of nitrogens with zero attached hydrogens (tertiary/aromatic N) is 1. The van der Waals surface area contributed by atoms with Gasteiger partial charge in [-0.25, -0.2) is 13.2 Å². The van der Waals surface area contributed by atoms with Crippen LogP contribution >= 0.6 is 12.4 Å². The van der Waals surface area contributed by atoms with Crippen LogP contribution in [0.1, 0.15) is 34.7 Å². The summed E-state index contributed by atoms with van der Waals surface area (Å²) in [6, 6.07) is -0.241. The number of methoxy groups -OCH3 is 1. The Morgan fingerprint density at radius 2 is 2.05 bits per heavy atom. The number of sulfonamides is 1. The first-order chi connectivity index (χ1) is 9.84. The second kappa shape index (κ2) is 6.99. The minimum absolute atomic E-state index is 0. The number of carbonyl (C=O) groups excluding carboxylic acids is 1. The zero-order valence-electron chi connectivity index (χ0n) is 12.8. The predicted octanol–water partition coefficient (Wildman–Crippen LogP) is 1.22. The molecule has 0 aliphatic carbocycles. The maximum atomic E-state index is 12.9. The Kier molecular flexibility index (Phi) is 6.03. The lowest BCUT2D eigenvalue weighted by Gasteiger charge is -2.22. The molecule has 9 heteroatoms. The first-order valence-electron chi connectivity index (χ1n) is 6.74. The summed E-state index contributed by atoms with van der Waals surface area (Å²) in [5, 5.41) is 0. The highest BCUT2D eigenvalue weighted by molar-refractivity contribution is 7.89. The summed E-state index contributed by atoms with van der Waals surface area (Å²) in [4.78, 5) is 11.8. The summed E-state index contributed by atoms with van der Waals surface area (Å²) in [5.41, 5.74) is 5.62. The van der Waals surface area contributed by atoms with E-state index in [4.69, 9.17) is 10.2 Å². The summed E-state index contributed by atoms with van der Waals surface area (Å²) in [7, 11) is -2.63. The zero-order chi connectivity index (χ0) is 15.8. The molecule has 1 unspecified atom stereocenters. The third kappa shape index (κ3) is 3.01. The van der Waals surface area contributed by atoms with Gasteiger partial charge in [0.1, 0.15) is 22.0 Å². The number of aryl methyl sites for hydroxylation is 2. The second-order valence-electron chi connectivity index (χ2n) is 5.06. The molecule has 0 saturated carbocycles. The van der Waals surface area contributed by atoms with E-state index in [1.807, 2.05) is 0 Å². The fourth-order valence-corrected chi connectivity index (χ4v) is 4.87. The van der Waals surface area contributed by atoms with Gasteiger partial charge in [-0.05, 0) is 26.7 Å². The molecule has 1 fully saturated rings. The van der Waals surface area contributed by atoms with Crippen molar-refractivity contribution in [2.24, 2.45) is 5.73 Å². The largest absolute Gasteiger partial charge is 0.465 e. The van der Waals surface area contributed by atoms with Crippen LogP contribution in [0.4, 0.5) is 0 Å². The molecule has 0 spiro atoms. The quantitative estimate of drug-likeness (QED) is 0.817. The Bertz CT molecular complexity index is 656. The number of furan rings is 1. The summed E-state index contributed by atoms with van der Waals surface area (Å²) in [5.74, 6) is -0.289. The van der Waals surface area contributed by atoms with Gasteiger partial charge in [0.05, 0.1) is 7.11 Å². The molecule has 0 amide bonds.